The van der Waals surface area contributed by atoms with Crippen molar-refractivity contribution in [2.45, 2.75) is 13.5 Å². The van der Waals surface area contributed by atoms with Gasteiger partial charge in [-0.2, -0.15) is 0 Å². The van der Waals surface area contributed by atoms with Crippen LogP contribution in [0.5, 0.6) is 0 Å². The van der Waals surface area contributed by atoms with Crippen LogP contribution in [-0.2, 0) is 6.54 Å². The topological polar surface area (TPSA) is 54.7 Å². The maximum Gasteiger partial charge on any atom is 0.103 e. The number of imidazole rings is 1. The van der Waals surface area contributed by atoms with Crippen LogP contribution in [0.2, 0.25) is 0 Å². The van der Waals surface area contributed by atoms with Crippen LogP contribution in [0.4, 0.5) is 0 Å². The van der Waals surface area contributed by atoms with E-state index in [2.05, 4.69) is 16.0 Å². The number of benzene rings is 1. The minimum atomic E-state index is 0.570. The molecule has 0 saturated heterocycles. The first-order valence-electron chi connectivity index (χ1n) is 4.60. The summed E-state index contributed by atoms with van der Waals surface area (Å²) in [6, 6.07) is 8.15. The lowest BCUT2D eigenvalue weighted by atomic mass is 10.1. The number of nitrogens with one attached hydrogen (secondary N) is 1. The van der Waals surface area contributed by atoms with Crippen molar-refractivity contribution in [3.05, 3.63) is 41.9 Å². The standard InChI is InChI=1S/C11H13N3/c1-8-13-7-11(14-8)10-4-2-3-9(5-10)6-12/h2-5,7H,6,12H2,1H3,(H,13,14). The summed E-state index contributed by atoms with van der Waals surface area (Å²) in [5, 5.41) is 0. The first-order chi connectivity index (χ1) is 6.79. The van der Waals surface area contributed by atoms with Gasteiger partial charge in [0.2, 0.25) is 0 Å². The molecular formula is C11H13N3. The zero-order chi connectivity index (χ0) is 9.97. The highest BCUT2D eigenvalue weighted by Crippen LogP contribution is 2.17. The highest BCUT2D eigenvalue weighted by molar-refractivity contribution is 5.59. The normalized spacial score (nSPS) is 10.4. The second-order valence-corrected chi connectivity index (χ2v) is 3.29. The molecule has 0 aliphatic rings. The summed E-state index contributed by atoms with van der Waals surface area (Å²) in [5.41, 5.74) is 8.88. The maximum atomic E-state index is 5.58. The summed E-state index contributed by atoms with van der Waals surface area (Å²) in [5.74, 6) is 0.929. The number of hydrogen-bond donors (Lipinski definition) is 2. The van der Waals surface area contributed by atoms with Gasteiger partial charge in [-0.25, -0.2) is 4.98 Å². The molecule has 0 aliphatic carbocycles. The van der Waals surface area contributed by atoms with Crippen LogP contribution in [-0.4, -0.2) is 9.97 Å². The Morgan fingerprint density at radius 2 is 2.29 bits per heavy atom. The molecule has 0 fully saturated rings. The first-order valence-corrected chi connectivity index (χ1v) is 4.60. The van der Waals surface area contributed by atoms with E-state index in [1.54, 1.807) is 0 Å². The van der Waals surface area contributed by atoms with Crippen molar-refractivity contribution in [2.75, 3.05) is 0 Å². The number of aryl methyl sites for hydroxylation is 1. The van der Waals surface area contributed by atoms with E-state index in [4.69, 9.17) is 5.73 Å². The molecule has 2 aromatic rings. The number of rotatable bonds is 2. The van der Waals surface area contributed by atoms with Gasteiger partial charge in [-0.3, -0.25) is 0 Å². The van der Waals surface area contributed by atoms with Gasteiger partial charge in [0.1, 0.15) is 5.82 Å². The van der Waals surface area contributed by atoms with E-state index in [9.17, 15) is 0 Å². The van der Waals surface area contributed by atoms with Gasteiger partial charge < -0.3 is 10.7 Å². The number of hydrogen-bond acceptors (Lipinski definition) is 2. The average molecular weight is 187 g/mol. The molecule has 0 radical (unpaired) electrons. The molecule has 0 amide bonds. The van der Waals surface area contributed by atoms with E-state index < -0.39 is 0 Å². The van der Waals surface area contributed by atoms with Gasteiger partial charge in [-0.1, -0.05) is 18.2 Å². The number of aromatic nitrogens is 2. The maximum absolute atomic E-state index is 5.58. The van der Waals surface area contributed by atoms with Gasteiger partial charge in [-0.15, -0.1) is 0 Å². The largest absolute Gasteiger partial charge is 0.342 e. The van der Waals surface area contributed by atoms with E-state index in [0.29, 0.717) is 6.54 Å². The fourth-order valence-electron chi connectivity index (χ4n) is 1.43. The van der Waals surface area contributed by atoms with E-state index in [1.165, 1.54) is 0 Å². The molecule has 1 heterocycles. The van der Waals surface area contributed by atoms with Gasteiger partial charge in [0.15, 0.2) is 0 Å². The molecule has 1 aromatic carbocycles. The molecule has 1 aromatic heterocycles. The van der Waals surface area contributed by atoms with Gasteiger partial charge in [0, 0.05) is 6.54 Å². The molecule has 0 unspecified atom stereocenters. The van der Waals surface area contributed by atoms with Crippen molar-refractivity contribution in [3.8, 4) is 11.3 Å². The SMILES string of the molecule is Cc1ncc(-c2cccc(CN)c2)[nH]1. The van der Waals surface area contributed by atoms with Crippen LogP contribution < -0.4 is 5.73 Å². The second-order valence-electron chi connectivity index (χ2n) is 3.29. The molecule has 0 atom stereocenters. The third kappa shape index (κ3) is 1.67. The Labute approximate surface area is 83.0 Å². The fourth-order valence-corrected chi connectivity index (χ4v) is 1.43. The van der Waals surface area contributed by atoms with Crippen LogP contribution in [0.15, 0.2) is 30.5 Å². The Morgan fingerprint density at radius 1 is 1.43 bits per heavy atom. The van der Waals surface area contributed by atoms with Crippen molar-refractivity contribution in [3.63, 3.8) is 0 Å². The minimum Gasteiger partial charge on any atom is -0.342 e. The van der Waals surface area contributed by atoms with E-state index >= 15 is 0 Å². The van der Waals surface area contributed by atoms with Gasteiger partial charge in [-0.05, 0) is 24.1 Å². The predicted octanol–water partition coefficient (Wildman–Crippen LogP) is 1.84. The number of nitrogens with two attached hydrogens (primary N) is 1. The zero-order valence-electron chi connectivity index (χ0n) is 8.12. The van der Waals surface area contributed by atoms with Crippen molar-refractivity contribution < 1.29 is 0 Å². The summed E-state index contributed by atoms with van der Waals surface area (Å²) in [7, 11) is 0. The summed E-state index contributed by atoms with van der Waals surface area (Å²) in [6.45, 7) is 2.51. The molecule has 0 spiro atoms. The van der Waals surface area contributed by atoms with E-state index in [-0.39, 0.29) is 0 Å². The fraction of sp³-hybridized carbons (Fsp3) is 0.182. The predicted molar refractivity (Wildman–Crippen MR) is 56.7 cm³/mol. The molecule has 0 bridgehead atoms. The van der Waals surface area contributed by atoms with Crippen LogP contribution >= 0.6 is 0 Å². The lowest BCUT2D eigenvalue weighted by molar-refractivity contribution is 1.07. The molecule has 2 rings (SSSR count). The molecule has 3 nitrogen and oxygen atoms in total. The lowest BCUT2D eigenvalue weighted by Crippen LogP contribution is -1.95. The lowest BCUT2D eigenvalue weighted by Gasteiger charge is -2.00. The molecule has 3 heteroatoms. The Balaban J connectivity index is 2.41. The second kappa shape index (κ2) is 3.64. The van der Waals surface area contributed by atoms with Crippen molar-refractivity contribution >= 4 is 0 Å². The Morgan fingerprint density at radius 3 is 2.93 bits per heavy atom. The first kappa shape index (κ1) is 8.97. The Bertz CT molecular complexity index is 432. The summed E-state index contributed by atoms with van der Waals surface area (Å²) in [6.07, 6.45) is 1.84. The quantitative estimate of drug-likeness (QED) is 0.753. The summed E-state index contributed by atoms with van der Waals surface area (Å²) >= 11 is 0. The molecule has 0 aliphatic heterocycles. The van der Waals surface area contributed by atoms with Gasteiger partial charge >= 0.3 is 0 Å². The van der Waals surface area contributed by atoms with Gasteiger partial charge in [0.25, 0.3) is 0 Å². The highest BCUT2D eigenvalue weighted by Gasteiger charge is 2.00. The summed E-state index contributed by atoms with van der Waals surface area (Å²) in [4.78, 5) is 7.35. The third-order valence-electron chi connectivity index (χ3n) is 2.18. The van der Waals surface area contributed by atoms with Gasteiger partial charge in [0.05, 0.1) is 11.9 Å². The van der Waals surface area contributed by atoms with Crippen LogP contribution in [0.25, 0.3) is 11.3 Å². The number of nitrogens with zero attached hydrogens (tertiary/aromatic N) is 1. The smallest absolute Gasteiger partial charge is 0.103 e. The Hall–Kier alpha value is -1.61. The number of H-pyrrole nitrogens is 1. The summed E-state index contributed by atoms with van der Waals surface area (Å²) < 4.78 is 0. The molecular weight excluding hydrogens is 174 g/mol. The third-order valence-corrected chi connectivity index (χ3v) is 2.18. The van der Waals surface area contributed by atoms with Crippen LogP contribution in [0.1, 0.15) is 11.4 Å². The zero-order valence-corrected chi connectivity index (χ0v) is 8.12. The van der Waals surface area contributed by atoms with Crippen LogP contribution in [0.3, 0.4) is 0 Å². The monoisotopic (exact) mass is 187 g/mol. The van der Waals surface area contributed by atoms with E-state index in [1.807, 2.05) is 31.3 Å². The van der Waals surface area contributed by atoms with Crippen LogP contribution in [0, 0.1) is 6.92 Å². The highest BCUT2D eigenvalue weighted by atomic mass is 14.9. The molecule has 14 heavy (non-hydrogen) atoms. The minimum absolute atomic E-state index is 0.570. The Kier molecular flexibility index (Phi) is 2.33. The molecule has 72 valence electrons. The molecule has 0 saturated carbocycles. The van der Waals surface area contributed by atoms with Crippen molar-refractivity contribution in [1.29, 1.82) is 0 Å². The molecule has 3 N–H and O–H groups in total. The number of aromatic amines is 1. The van der Waals surface area contributed by atoms with E-state index in [0.717, 1.165) is 22.6 Å². The van der Waals surface area contributed by atoms with Crippen molar-refractivity contribution in [1.82, 2.24) is 9.97 Å². The average Bonchev–Trinajstić information content (AvgIpc) is 2.65. The van der Waals surface area contributed by atoms with Crippen molar-refractivity contribution in [2.24, 2.45) is 5.73 Å².